The first-order chi connectivity index (χ1) is 20.9. The van der Waals surface area contributed by atoms with Crippen LogP contribution in [-0.2, 0) is 25.6 Å². The summed E-state index contributed by atoms with van der Waals surface area (Å²) in [6, 6.07) is 7.31. The molecule has 4 amide bonds. The third-order valence-corrected chi connectivity index (χ3v) is 9.23. The summed E-state index contributed by atoms with van der Waals surface area (Å²) in [6.07, 6.45) is 8.09. The zero-order valence-electron chi connectivity index (χ0n) is 27.4. The Labute approximate surface area is 264 Å². The monoisotopic (exact) mass is 612 g/mol. The minimum Gasteiger partial charge on any atom is -0.368 e. The number of carbonyl (C=O) groups excluding carboxylic acids is 4. The zero-order valence-corrected chi connectivity index (χ0v) is 27.4. The molecule has 6 N–H and O–H groups in total. The number of fused-ring (bicyclic) bond motifs is 1. The van der Waals surface area contributed by atoms with Gasteiger partial charge in [0.1, 0.15) is 18.1 Å². The Hall–Kier alpha value is -2.98. The van der Waals surface area contributed by atoms with Gasteiger partial charge >= 0.3 is 0 Å². The molecule has 1 heterocycles. The van der Waals surface area contributed by atoms with Crippen LogP contribution in [0.15, 0.2) is 30.3 Å². The fourth-order valence-corrected chi connectivity index (χ4v) is 6.35. The topological polar surface area (TPSA) is 146 Å². The van der Waals surface area contributed by atoms with E-state index in [-0.39, 0.29) is 24.3 Å². The SMILES string of the molecule is CC(C)C[C@H](NC(=O)[C@H](Cc1ccccc1)NC(=O)[C@H](CCCCN(C)C(C)C)NC(=O)[C@@H]1C[C@@H]2CCCC[C@@H]2N1)C(N)=O. The molecular weight excluding hydrogens is 556 g/mol. The molecule has 0 bridgehead atoms. The van der Waals surface area contributed by atoms with E-state index in [1.165, 1.54) is 12.8 Å². The number of nitrogens with zero attached hydrogens (tertiary/aromatic N) is 1. The molecule has 10 heteroatoms. The second-order valence-corrected chi connectivity index (χ2v) is 13.6. The number of hydrogen-bond acceptors (Lipinski definition) is 6. The second-order valence-electron chi connectivity index (χ2n) is 13.6. The molecule has 246 valence electrons. The summed E-state index contributed by atoms with van der Waals surface area (Å²) in [5.41, 5.74) is 6.47. The summed E-state index contributed by atoms with van der Waals surface area (Å²) in [5.74, 6) is -1.01. The lowest BCUT2D eigenvalue weighted by atomic mass is 9.85. The molecule has 6 atom stereocenters. The first-order valence-electron chi connectivity index (χ1n) is 16.6. The number of unbranched alkanes of at least 4 members (excludes halogenated alkanes) is 1. The van der Waals surface area contributed by atoms with E-state index in [4.69, 9.17) is 5.73 Å². The predicted molar refractivity (Wildman–Crippen MR) is 173 cm³/mol. The van der Waals surface area contributed by atoms with Gasteiger partial charge in [0.25, 0.3) is 0 Å². The quantitative estimate of drug-likeness (QED) is 0.171. The van der Waals surface area contributed by atoms with E-state index in [0.717, 1.165) is 44.2 Å². The number of primary amides is 1. The van der Waals surface area contributed by atoms with Crippen molar-refractivity contribution >= 4 is 23.6 Å². The average Bonchev–Trinajstić information content (AvgIpc) is 3.42. The van der Waals surface area contributed by atoms with Crippen LogP contribution in [0.5, 0.6) is 0 Å². The van der Waals surface area contributed by atoms with Crippen LogP contribution < -0.4 is 27.0 Å². The van der Waals surface area contributed by atoms with Gasteiger partial charge in [0.15, 0.2) is 0 Å². The summed E-state index contributed by atoms with van der Waals surface area (Å²) in [6.45, 7) is 9.07. The molecule has 1 aliphatic carbocycles. The van der Waals surface area contributed by atoms with E-state index in [1.54, 1.807) is 0 Å². The molecule has 3 rings (SSSR count). The van der Waals surface area contributed by atoms with Crippen molar-refractivity contribution in [2.45, 2.75) is 128 Å². The van der Waals surface area contributed by atoms with Crippen molar-refractivity contribution in [2.75, 3.05) is 13.6 Å². The smallest absolute Gasteiger partial charge is 0.243 e. The number of amides is 4. The molecule has 10 nitrogen and oxygen atoms in total. The van der Waals surface area contributed by atoms with Crippen molar-refractivity contribution in [1.82, 2.24) is 26.2 Å². The molecule has 0 aromatic heterocycles. The summed E-state index contributed by atoms with van der Waals surface area (Å²) in [5, 5.41) is 12.3. The molecule has 2 aliphatic rings. The molecule has 0 unspecified atom stereocenters. The number of nitrogens with one attached hydrogen (secondary N) is 4. The van der Waals surface area contributed by atoms with Crippen LogP contribution in [0, 0.1) is 11.8 Å². The van der Waals surface area contributed by atoms with Crippen LogP contribution >= 0.6 is 0 Å². The first kappa shape index (κ1) is 35.5. The Kier molecular flexibility index (Phi) is 14.1. The molecule has 1 saturated carbocycles. The van der Waals surface area contributed by atoms with Crippen molar-refractivity contribution in [3.05, 3.63) is 35.9 Å². The zero-order chi connectivity index (χ0) is 32.2. The predicted octanol–water partition coefficient (Wildman–Crippen LogP) is 2.65. The largest absolute Gasteiger partial charge is 0.368 e. The van der Waals surface area contributed by atoms with Crippen LogP contribution in [0.2, 0.25) is 0 Å². The van der Waals surface area contributed by atoms with Crippen molar-refractivity contribution in [3.8, 4) is 0 Å². The van der Waals surface area contributed by atoms with Crippen molar-refractivity contribution < 1.29 is 19.2 Å². The maximum atomic E-state index is 13.9. The number of carbonyl (C=O) groups is 4. The molecule has 1 aromatic rings. The molecule has 1 saturated heterocycles. The third-order valence-electron chi connectivity index (χ3n) is 9.23. The summed E-state index contributed by atoms with van der Waals surface area (Å²) >= 11 is 0. The van der Waals surface area contributed by atoms with Crippen LogP contribution in [0.25, 0.3) is 0 Å². The first-order valence-corrected chi connectivity index (χ1v) is 16.6. The number of hydrogen-bond donors (Lipinski definition) is 5. The maximum absolute atomic E-state index is 13.9. The lowest BCUT2D eigenvalue weighted by Gasteiger charge is -2.26. The van der Waals surface area contributed by atoms with E-state index in [2.05, 4.69) is 47.1 Å². The van der Waals surface area contributed by atoms with Gasteiger partial charge in [0, 0.05) is 18.5 Å². The molecular formula is C34H56N6O4. The van der Waals surface area contributed by atoms with Crippen molar-refractivity contribution in [1.29, 1.82) is 0 Å². The highest BCUT2D eigenvalue weighted by Crippen LogP contribution is 2.33. The fourth-order valence-electron chi connectivity index (χ4n) is 6.35. The van der Waals surface area contributed by atoms with E-state index in [0.29, 0.717) is 30.8 Å². The Bertz CT molecular complexity index is 1070. The van der Waals surface area contributed by atoms with Gasteiger partial charge in [-0.05, 0) is 89.8 Å². The molecule has 44 heavy (non-hydrogen) atoms. The van der Waals surface area contributed by atoms with Gasteiger partial charge in [-0.2, -0.15) is 0 Å². The fraction of sp³-hybridized carbons (Fsp3) is 0.706. The van der Waals surface area contributed by atoms with Gasteiger partial charge in [-0.3, -0.25) is 19.2 Å². The van der Waals surface area contributed by atoms with Gasteiger partial charge in [-0.15, -0.1) is 0 Å². The standard InChI is InChI=1S/C34H56N6O4/c1-22(2)19-28(31(35)41)38-33(43)29(20-24-13-7-6-8-14-24)39-32(42)27(17-11-12-18-40(5)23(3)4)37-34(44)30-21-25-15-9-10-16-26(25)36-30/h6-8,13-14,22-23,25-30,36H,9-12,15-21H2,1-5H3,(H2,35,41)(H,37,44)(H,38,43)(H,39,42)/t25-,26-,27-,28-,29-,30-/m0/s1. The van der Waals surface area contributed by atoms with Crippen molar-refractivity contribution in [3.63, 3.8) is 0 Å². The molecule has 1 aliphatic heterocycles. The van der Waals surface area contributed by atoms with Crippen LogP contribution in [0.3, 0.4) is 0 Å². The molecule has 2 fully saturated rings. The summed E-state index contributed by atoms with van der Waals surface area (Å²) < 4.78 is 0. The lowest BCUT2D eigenvalue weighted by Crippen LogP contribution is -2.58. The van der Waals surface area contributed by atoms with Gasteiger partial charge in [0.2, 0.25) is 23.6 Å². The van der Waals surface area contributed by atoms with Gasteiger partial charge < -0.3 is 31.9 Å². The Morgan fingerprint density at radius 3 is 2.20 bits per heavy atom. The lowest BCUT2D eigenvalue weighted by molar-refractivity contribution is -0.133. The van der Waals surface area contributed by atoms with Gasteiger partial charge in [-0.25, -0.2) is 0 Å². The minimum absolute atomic E-state index is 0.136. The molecule has 0 radical (unpaired) electrons. The summed E-state index contributed by atoms with van der Waals surface area (Å²) in [7, 11) is 2.08. The summed E-state index contributed by atoms with van der Waals surface area (Å²) in [4.78, 5) is 55.2. The Balaban J connectivity index is 1.74. The maximum Gasteiger partial charge on any atom is 0.243 e. The second kappa shape index (κ2) is 17.5. The minimum atomic E-state index is -0.946. The highest BCUT2D eigenvalue weighted by atomic mass is 16.2. The Morgan fingerprint density at radius 2 is 1.57 bits per heavy atom. The van der Waals surface area contributed by atoms with Crippen LogP contribution in [-0.4, -0.2) is 78.4 Å². The number of nitrogens with two attached hydrogens (primary N) is 1. The van der Waals surface area contributed by atoms with Crippen LogP contribution in [0.4, 0.5) is 0 Å². The Morgan fingerprint density at radius 1 is 0.909 bits per heavy atom. The number of benzene rings is 1. The number of rotatable bonds is 17. The highest BCUT2D eigenvalue weighted by Gasteiger charge is 2.39. The van der Waals surface area contributed by atoms with E-state index in [1.807, 2.05) is 44.2 Å². The third kappa shape index (κ3) is 11.2. The highest BCUT2D eigenvalue weighted by molar-refractivity contribution is 5.94. The van der Waals surface area contributed by atoms with E-state index < -0.39 is 35.8 Å². The van der Waals surface area contributed by atoms with Gasteiger partial charge in [-0.1, -0.05) is 57.0 Å². The van der Waals surface area contributed by atoms with Gasteiger partial charge in [0.05, 0.1) is 6.04 Å². The molecule has 0 spiro atoms. The van der Waals surface area contributed by atoms with E-state index >= 15 is 0 Å². The normalized spacial score (nSPS) is 21.9. The van der Waals surface area contributed by atoms with Crippen molar-refractivity contribution in [2.24, 2.45) is 17.6 Å². The molecule has 1 aromatic carbocycles. The average molecular weight is 613 g/mol. The van der Waals surface area contributed by atoms with E-state index in [9.17, 15) is 19.2 Å². The van der Waals surface area contributed by atoms with Crippen LogP contribution in [0.1, 0.15) is 91.0 Å².